The maximum absolute atomic E-state index is 12.3. The topological polar surface area (TPSA) is 259 Å². The Morgan fingerprint density at radius 2 is 1.49 bits per heavy atom. The molecule has 3 aliphatic rings. The average Bonchev–Trinajstić information content (AvgIpc) is 3.00. The minimum atomic E-state index is -2.27. The molecule has 2 bridgehead atoms. The van der Waals surface area contributed by atoms with Gasteiger partial charge < -0.3 is 65.5 Å². The molecule has 0 spiro atoms. The van der Waals surface area contributed by atoms with Crippen molar-refractivity contribution in [2.75, 3.05) is 0 Å². The number of aliphatic carboxylic acids is 1. The van der Waals surface area contributed by atoms with Gasteiger partial charge in [0, 0.05) is 37.7 Å². The van der Waals surface area contributed by atoms with Gasteiger partial charge in [0.1, 0.15) is 18.1 Å². The molecule has 276 valence electrons. The predicted molar refractivity (Wildman–Crippen MR) is 173 cm³/mol. The molecule has 0 saturated carbocycles. The summed E-state index contributed by atoms with van der Waals surface area (Å²) in [6.45, 7) is 5.09. The van der Waals surface area contributed by atoms with Crippen LogP contribution in [0.3, 0.4) is 0 Å². The SMILES string of the molecule is C[C@H]1/C=C/C=C/C=C/C=C/[C@H](O[C@@H]2O[C@H](C)[C@@H](O)[C@H](N)[C@@H]2O)C[C@@H]2O[C@](O)(CC(O)C[C@@H](O)[C@H](O)/C=C/C(=O)O[C@@H]1C)C[C@H](O)[C@H]2C(=O)O. The summed E-state index contributed by atoms with van der Waals surface area (Å²) in [5.74, 6) is -6.15. The number of carbonyl (C=O) groups excluding carboxylic acids is 1. The maximum atomic E-state index is 12.3. The van der Waals surface area contributed by atoms with Gasteiger partial charge in [-0.1, -0.05) is 55.5 Å². The van der Waals surface area contributed by atoms with Crippen LogP contribution < -0.4 is 5.73 Å². The van der Waals surface area contributed by atoms with E-state index in [1.165, 1.54) is 6.08 Å². The lowest BCUT2D eigenvalue weighted by Crippen LogP contribution is -2.61. The normalized spacial score (nSPS) is 46.7. The fourth-order valence-corrected chi connectivity index (χ4v) is 5.86. The van der Waals surface area contributed by atoms with Crippen molar-refractivity contribution < 1.29 is 69.4 Å². The van der Waals surface area contributed by atoms with Crippen LogP contribution in [-0.4, -0.2) is 132 Å². The number of carboxylic acids is 1. The van der Waals surface area contributed by atoms with E-state index in [4.69, 9.17) is 24.7 Å². The van der Waals surface area contributed by atoms with Crippen molar-refractivity contribution in [3.05, 3.63) is 60.8 Å². The van der Waals surface area contributed by atoms with E-state index in [-0.39, 0.29) is 12.3 Å². The van der Waals surface area contributed by atoms with Crippen molar-refractivity contribution in [3.8, 4) is 0 Å². The number of cyclic esters (lactones) is 1. The van der Waals surface area contributed by atoms with Crippen LogP contribution in [0.2, 0.25) is 0 Å². The minimum absolute atomic E-state index is 0.171. The molecule has 3 heterocycles. The zero-order chi connectivity index (χ0) is 36.5. The molecule has 0 aromatic rings. The number of aliphatic hydroxyl groups excluding tert-OH is 6. The first kappa shape index (κ1) is 40.6. The van der Waals surface area contributed by atoms with E-state index in [0.717, 1.165) is 12.2 Å². The van der Waals surface area contributed by atoms with E-state index in [1.54, 1.807) is 50.3 Å². The van der Waals surface area contributed by atoms with Crippen molar-refractivity contribution in [1.82, 2.24) is 0 Å². The highest BCUT2D eigenvalue weighted by atomic mass is 16.7. The van der Waals surface area contributed by atoms with Crippen LogP contribution in [0.25, 0.3) is 0 Å². The predicted octanol–water partition coefficient (Wildman–Crippen LogP) is -0.680. The second-order valence-electron chi connectivity index (χ2n) is 13.0. The van der Waals surface area contributed by atoms with Gasteiger partial charge in [-0.05, 0) is 19.9 Å². The average molecular weight is 698 g/mol. The third-order valence-corrected chi connectivity index (χ3v) is 8.90. The zero-order valence-electron chi connectivity index (χ0n) is 27.8. The number of carboxylic acid groups (broad SMARTS) is 1. The number of hydrogen-bond donors (Lipinski definition) is 9. The molecule has 0 aliphatic carbocycles. The van der Waals surface area contributed by atoms with Gasteiger partial charge >= 0.3 is 11.9 Å². The van der Waals surface area contributed by atoms with E-state index >= 15 is 0 Å². The number of hydrogen-bond acceptors (Lipinski definition) is 14. The van der Waals surface area contributed by atoms with Gasteiger partial charge in [-0.15, -0.1) is 0 Å². The molecule has 3 aliphatic heterocycles. The number of ether oxygens (including phenoxy) is 4. The van der Waals surface area contributed by atoms with Gasteiger partial charge in [0.25, 0.3) is 0 Å². The largest absolute Gasteiger partial charge is 0.481 e. The van der Waals surface area contributed by atoms with Crippen LogP contribution in [0.4, 0.5) is 0 Å². The van der Waals surface area contributed by atoms with Gasteiger partial charge in [-0.2, -0.15) is 0 Å². The first-order valence-corrected chi connectivity index (χ1v) is 16.4. The number of esters is 1. The molecule has 3 rings (SSSR count). The number of fused-ring (bicyclic) bond motifs is 2. The van der Waals surface area contributed by atoms with Crippen molar-refractivity contribution >= 4 is 11.9 Å². The van der Waals surface area contributed by atoms with Gasteiger partial charge in [0.2, 0.25) is 0 Å². The second kappa shape index (κ2) is 18.4. The highest BCUT2D eigenvalue weighted by Crippen LogP contribution is 2.38. The van der Waals surface area contributed by atoms with Gasteiger partial charge in [0.15, 0.2) is 12.1 Å². The summed E-state index contributed by atoms with van der Waals surface area (Å²) < 4.78 is 22.9. The summed E-state index contributed by atoms with van der Waals surface area (Å²) >= 11 is 0. The lowest BCUT2D eigenvalue weighted by Gasteiger charge is -2.45. The van der Waals surface area contributed by atoms with Crippen LogP contribution in [0.5, 0.6) is 0 Å². The molecule has 15 atom stereocenters. The second-order valence-corrected chi connectivity index (χ2v) is 13.0. The minimum Gasteiger partial charge on any atom is -0.481 e. The van der Waals surface area contributed by atoms with Gasteiger partial charge in [-0.25, -0.2) is 4.79 Å². The molecule has 0 amide bonds. The molecule has 10 N–H and O–H groups in total. The molecule has 1 unspecified atom stereocenters. The molecular formula is C34H51NO14. The summed E-state index contributed by atoms with van der Waals surface area (Å²) in [4.78, 5) is 24.5. The van der Waals surface area contributed by atoms with Crippen LogP contribution in [0.1, 0.15) is 46.5 Å². The Hall–Kier alpha value is -2.80. The van der Waals surface area contributed by atoms with E-state index in [0.29, 0.717) is 0 Å². The highest BCUT2D eigenvalue weighted by Gasteiger charge is 2.51. The summed E-state index contributed by atoms with van der Waals surface area (Å²) in [7, 11) is 0. The quantitative estimate of drug-likeness (QED) is 0.166. The van der Waals surface area contributed by atoms with Crippen LogP contribution >= 0.6 is 0 Å². The molecule has 15 heteroatoms. The van der Waals surface area contributed by atoms with Gasteiger partial charge in [0.05, 0.1) is 54.9 Å². The number of nitrogens with two attached hydrogens (primary N) is 1. The van der Waals surface area contributed by atoms with E-state index in [2.05, 4.69) is 0 Å². The Morgan fingerprint density at radius 3 is 2.14 bits per heavy atom. The Bertz CT molecular complexity index is 1240. The highest BCUT2D eigenvalue weighted by molar-refractivity contribution is 5.82. The van der Waals surface area contributed by atoms with Crippen LogP contribution in [-0.2, 0) is 28.5 Å². The Morgan fingerprint density at radius 1 is 0.857 bits per heavy atom. The van der Waals surface area contributed by atoms with Crippen LogP contribution in [0, 0.1) is 11.8 Å². The lowest BCUT2D eigenvalue weighted by atomic mass is 9.82. The third-order valence-electron chi connectivity index (χ3n) is 8.90. The summed E-state index contributed by atoms with van der Waals surface area (Å²) in [6, 6.07) is -1.11. The first-order valence-electron chi connectivity index (χ1n) is 16.4. The fourth-order valence-electron chi connectivity index (χ4n) is 5.86. The zero-order valence-corrected chi connectivity index (χ0v) is 27.8. The van der Waals surface area contributed by atoms with E-state index < -0.39 is 116 Å². The van der Waals surface area contributed by atoms with Gasteiger partial charge in [-0.3, -0.25) is 4.79 Å². The van der Waals surface area contributed by atoms with Crippen molar-refractivity contribution in [2.24, 2.45) is 17.6 Å². The molecule has 2 saturated heterocycles. The summed E-state index contributed by atoms with van der Waals surface area (Å²) in [5.41, 5.74) is 5.96. The Balaban J connectivity index is 1.94. The molecule has 2 fully saturated rings. The van der Waals surface area contributed by atoms with Crippen molar-refractivity contribution in [1.29, 1.82) is 0 Å². The Labute approximate surface area is 285 Å². The lowest BCUT2D eigenvalue weighted by molar-refractivity contribution is -0.308. The number of rotatable bonds is 3. The Kier molecular flexibility index (Phi) is 15.3. The smallest absolute Gasteiger partial charge is 0.330 e. The van der Waals surface area contributed by atoms with Crippen molar-refractivity contribution in [2.45, 2.75) is 126 Å². The summed E-state index contributed by atoms with van der Waals surface area (Å²) in [5, 5.41) is 84.7. The standard InChI is InChI=1S/C34H51NO14/c1-18-10-8-6-4-5-7-9-11-22(48-33-31(42)29(35)30(41)20(3)47-33)15-26-28(32(43)44)25(39)17-34(45,49-26)16-21(36)14-24(38)23(37)12-13-27(40)46-19(18)2/h4-13,18-26,28-31,33,36-39,41-42,45H,14-17,35H2,1-3H3,(H,43,44)/b6-4+,7-5+,10-8+,11-9+,13-12+/t18-,19+,20+,21?,22-,23+,24+,25-,26-,28+,29-,30+,31-,33-,34+/m0/s1. The summed E-state index contributed by atoms with van der Waals surface area (Å²) in [6.07, 6.45) is -0.575. The van der Waals surface area contributed by atoms with E-state index in [1.807, 2.05) is 13.0 Å². The maximum Gasteiger partial charge on any atom is 0.330 e. The molecular weight excluding hydrogens is 646 g/mol. The molecule has 49 heavy (non-hydrogen) atoms. The number of aliphatic hydroxyl groups is 7. The molecule has 0 aromatic heterocycles. The fraction of sp³-hybridized carbons (Fsp3) is 0.647. The van der Waals surface area contributed by atoms with E-state index in [9.17, 15) is 50.4 Å². The monoisotopic (exact) mass is 697 g/mol. The van der Waals surface area contributed by atoms with Crippen molar-refractivity contribution in [3.63, 3.8) is 0 Å². The number of allylic oxidation sites excluding steroid dienone is 6. The molecule has 15 nitrogen and oxygen atoms in total. The first-order chi connectivity index (χ1) is 23.0. The molecule has 0 aromatic carbocycles. The third kappa shape index (κ3) is 11.9. The van der Waals surface area contributed by atoms with Crippen LogP contribution in [0.15, 0.2) is 60.8 Å². The molecule has 0 radical (unpaired) electrons. The number of carbonyl (C=O) groups is 2.